The Kier molecular flexibility index (Phi) is 7.75. The minimum atomic E-state index is -4.13. The Morgan fingerprint density at radius 2 is 1.62 bits per heavy atom. The number of unbranched alkanes of at least 4 members (excludes halogenated alkanes) is 1. The van der Waals surface area contributed by atoms with E-state index >= 15 is 0 Å². The lowest BCUT2D eigenvalue weighted by atomic mass is 9.91. The van der Waals surface area contributed by atoms with Gasteiger partial charge in [-0.25, -0.2) is 9.69 Å². The van der Waals surface area contributed by atoms with Crippen molar-refractivity contribution >= 4 is 64.4 Å². The standard InChI is InChI=1S/C21H22BrCl2N2O5P/c1-21(13-14-4-6-15(22)7-5-14)19(27)26(18-11-16(23)10-17(24)12-18)20(28)25(21)8-2-3-9-32(29,30)31/h4-7,10-12H,2-3,8-9,13H2,1H3,(H2,29,30,31). The van der Waals surface area contributed by atoms with Gasteiger partial charge in [0.2, 0.25) is 0 Å². The fourth-order valence-corrected chi connectivity index (χ4v) is 5.19. The van der Waals surface area contributed by atoms with Crippen LogP contribution in [0.15, 0.2) is 46.9 Å². The summed E-state index contributed by atoms with van der Waals surface area (Å²) in [4.78, 5) is 47.7. The SMILES string of the molecule is CC1(Cc2ccc(Br)cc2)C(=O)N(c2cc(Cl)cc(Cl)c2)C(=O)N1CCCCP(=O)(O)O. The van der Waals surface area contributed by atoms with Crippen molar-refractivity contribution in [3.05, 3.63) is 62.5 Å². The Balaban J connectivity index is 1.93. The van der Waals surface area contributed by atoms with Gasteiger partial charge in [-0.1, -0.05) is 51.3 Å². The summed E-state index contributed by atoms with van der Waals surface area (Å²) in [6.45, 7) is 1.87. The van der Waals surface area contributed by atoms with Crippen LogP contribution in [0.25, 0.3) is 0 Å². The summed E-state index contributed by atoms with van der Waals surface area (Å²) < 4.78 is 12.1. The Labute approximate surface area is 204 Å². The Hall–Kier alpha value is -1.41. The number of urea groups is 1. The number of carbonyl (C=O) groups is 2. The molecular formula is C21H22BrCl2N2O5P. The van der Waals surface area contributed by atoms with Gasteiger partial charge in [-0.3, -0.25) is 9.36 Å². The molecule has 0 aliphatic carbocycles. The zero-order valence-electron chi connectivity index (χ0n) is 17.2. The molecule has 1 unspecified atom stereocenters. The number of halogens is 3. The molecule has 1 atom stereocenters. The van der Waals surface area contributed by atoms with Crippen molar-refractivity contribution in [2.45, 2.75) is 31.7 Å². The van der Waals surface area contributed by atoms with Gasteiger partial charge in [-0.05, 0) is 55.7 Å². The lowest BCUT2D eigenvalue weighted by molar-refractivity contribution is -0.124. The second-order valence-electron chi connectivity index (χ2n) is 7.87. The summed E-state index contributed by atoms with van der Waals surface area (Å²) in [5, 5.41) is 0.589. The molecule has 0 saturated carbocycles. The maximum atomic E-state index is 13.6. The Morgan fingerprint density at radius 1 is 1.03 bits per heavy atom. The number of benzene rings is 2. The van der Waals surface area contributed by atoms with Crippen molar-refractivity contribution in [3.8, 4) is 0 Å². The highest BCUT2D eigenvalue weighted by atomic mass is 79.9. The molecular weight excluding hydrogens is 542 g/mol. The number of rotatable bonds is 8. The first-order chi connectivity index (χ1) is 14.9. The topological polar surface area (TPSA) is 98.2 Å². The van der Waals surface area contributed by atoms with E-state index in [0.29, 0.717) is 16.5 Å². The molecule has 1 heterocycles. The number of imide groups is 1. The number of nitrogens with zero attached hydrogens (tertiary/aromatic N) is 2. The molecule has 32 heavy (non-hydrogen) atoms. The van der Waals surface area contributed by atoms with Gasteiger partial charge in [0.25, 0.3) is 5.91 Å². The molecule has 0 radical (unpaired) electrons. The summed E-state index contributed by atoms with van der Waals surface area (Å²) in [6.07, 6.45) is 0.554. The average molecular weight is 564 g/mol. The number of hydrogen-bond donors (Lipinski definition) is 2. The zero-order chi connectivity index (χ0) is 23.7. The van der Waals surface area contributed by atoms with Crippen LogP contribution in [0.5, 0.6) is 0 Å². The summed E-state index contributed by atoms with van der Waals surface area (Å²) in [6, 6.07) is 11.5. The number of amides is 3. The molecule has 1 fully saturated rings. The van der Waals surface area contributed by atoms with E-state index in [4.69, 9.17) is 33.0 Å². The van der Waals surface area contributed by atoms with E-state index < -0.39 is 25.1 Å². The molecule has 7 nitrogen and oxygen atoms in total. The summed E-state index contributed by atoms with van der Waals surface area (Å²) in [5.74, 6) is -0.418. The van der Waals surface area contributed by atoms with Crippen molar-refractivity contribution < 1.29 is 23.9 Å². The molecule has 11 heteroatoms. The van der Waals surface area contributed by atoms with Crippen LogP contribution < -0.4 is 4.90 Å². The van der Waals surface area contributed by atoms with Gasteiger partial charge in [0.05, 0.1) is 5.69 Å². The van der Waals surface area contributed by atoms with Gasteiger partial charge in [0, 0.05) is 33.6 Å². The second-order valence-corrected chi connectivity index (χ2v) is 11.4. The molecule has 0 bridgehead atoms. The second kappa shape index (κ2) is 9.84. The summed E-state index contributed by atoms with van der Waals surface area (Å²) >= 11 is 15.6. The highest BCUT2D eigenvalue weighted by Crippen LogP contribution is 2.38. The monoisotopic (exact) mass is 562 g/mol. The maximum Gasteiger partial charge on any atom is 0.332 e. The van der Waals surface area contributed by atoms with Gasteiger partial charge >= 0.3 is 13.6 Å². The summed E-state index contributed by atoms with van der Waals surface area (Å²) in [5.41, 5.74) is -0.0535. The first-order valence-electron chi connectivity index (χ1n) is 9.82. The third-order valence-electron chi connectivity index (χ3n) is 5.33. The largest absolute Gasteiger partial charge is 0.332 e. The van der Waals surface area contributed by atoms with Gasteiger partial charge < -0.3 is 14.7 Å². The molecule has 2 N–H and O–H groups in total. The molecule has 3 rings (SSSR count). The van der Waals surface area contributed by atoms with Crippen LogP contribution in [0.2, 0.25) is 10.0 Å². The number of anilines is 1. The Bertz CT molecular complexity index is 1060. The molecule has 3 amide bonds. The molecule has 172 valence electrons. The molecule has 0 spiro atoms. The van der Waals surface area contributed by atoms with E-state index in [-0.39, 0.29) is 31.2 Å². The van der Waals surface area contributed by atoms with Crippen molar-refractivity contribution in [1.29, 1.82) is 0 Å². The third-order valence-corrected chi connectivity index (χ3v) is 7.19. The van der Waals surface area contributed by atoms with E-state index in [1.165, 1.54) is 23.1 Å². The molecule has 1 aliphatic heterocycles. The van der Waals surface area contributed by atoms with Crippen LogP contribution in [0.4, 0.5) is 10.5 Å². The van der Waals surface area contributed by atoms with Gasteiger partial charge in [0.1, 0.15) is 5.54 Å². The summed E-state index contributed by atoms with van der Waals surface area (Å²) in [7, 11) is -4.13. The average Bonchev–Trinajstić information content (AvgIpc) is 2.85. The molecule has 2 aromatic rings. The molecule has 1 saturated heterocycles. The van der Waals surface area contributed by atoms with E-state index in [1.807, 2.05) is 24.3 Å². The van der Waals surface area contributed by atoms with Crippen LogP contribution in [-0.4, -0.2) is 44.9 Å². The van der Waals surface area contributed by atoms with Gasteiger partial charge in [-0.2, -0.15) is 0 Å². The number of hydrogen-bond acceptors (Lipinski definition) is 3. The predicted molar refractivity (Wildman–Crippen MR) is 128 cm³/mol. The fraction of sp³-hybridized carbons (Fsp3) is 0.333. The van der Waals surface area contributed by atoms with Crippen LogP contribution in [0.3, 0.4) is 0 Å². The van der Waals surface area contributed by atoms with Crippen LogP contribution in [0, 0.1) is 0 Å². The first-order valence-corrected chi connectivity index (χ1v) is 13.2. The van der Waals surface area contributed by atoms with Crippen LogP contribution in [-0.2, 0) is 15.8 Å². The normalized spacial score (nSPS) is 19.2. The Morgan fingerprint density at radius 3 is 2.19 bits per heavy atom. The smallest absolute Gasteiger partial charge is 0.324 e. The first kappa shape index (κ1) is 25.2. The van der Waals surface area contributed by atoms with Crippen molar-refractivity contribution in [3.63, 3.8) is 0 Å². The van der Waals surface area contributed by atoms with Gasteiger partial charge in [0.15, 0.2) is 0 Å². The number of carbonyl (C=O) groups excluding carboxylic acids is 2. The van der Waals surface area contributed by atoms with Gasteiger partial charge in [-0.15, -0.1) is 0 Å². The van der Waals surface area contributed by atoms with E-state index in [1.54, 1.807) is 6.92 Å². The van der Waals surface area contributed by atoms with E-state index in [0.717, 1.165) is 14.9 Å². The quantitative estimate of drug-likeness (QED) is 0.252. The van der Waals surface area contributed by atoms with Crippen molar-refractivity contribution in [2.24, 2.45) is 0 Å². The highest BCUT2D eigenvalue weighted by molar-refractivity contribution is 9.10. The molecule has 1 aliphatic rings. The maximum absolute atomic E-state index is 13.6. The minimum absolute atomic E-state index is 0.169. The molecule has 2 aromatic carbocycles. The van der Waals surface area contributed by atoms with Crippen LogP contribution >= 0.6 is 46.7 Å². The third kappa shape index (κ3) is 5.74. The lowest BCUT2D eigenvalue weighted by Crippen LogP contribution is -2.49. The lowest BCUT2D eigenvalue weighted by Gasteiger charge is -2.32. The minimum Gasteiger partial charge on any atom is -0.324 e. The fourth-order valence-electron chi connectivity index (χ4n) is 3.77. The van der Waals surface area contributed by atoms with Crippen molar-refractivity contribution in [2.75, 3.05) is 17.6 Å². The molecule has 0 aromatic heterocycles. The van der Waals surface area contributed by atoms with Crippen LogP contribution in [0.1, 0.15) is 25.3 Å². The highest BCUT2D eigenvalue weighted by Gasteiger charge is 2.54. The van der Waals surface area contributed by atoms with E-state index in [9.17, 15) is 14.2 Å². The van der Waals surface area contributed by atoms with E-state index in [2.05, 4.69) is 15.9 Å². The predicted octanol–water partition coefficient (Wildman–Crippen LogP) is 5.48. The van der Waals surface area contributed by atoms with Crippen molar-refractivity contribution in [1.82, 2.24) is 4.90 Å². The zero-order valence-corrected chi connectivity index (χ0v) is 21.2.